The summed E-state index contributed by atoms with van der Waals surface area (Å²) < 4.78 is 40.1. The average Bonchev–Trinajstić information content (AvgIpc) is 2.70. The van der Waals surface area contributed by atoms with Crippen LogP contribution in [-0.4, -0.2) is 35.1 Å². The predicted octanol–water partition coefficient (Wildman–Crippen LogP) is 2.39. The van der Waals surface area contributed by atoms with Gasteiger partial charge < -0.3 is 4.90 Å². The SMILES string of the molecule is CC(C)N1Cc2c(cc(CN3CNC3)cc2C(F)(F)F)C1=O. The topological polar surface area (TPSA) is 35.6 Å². The van der Waals surface area contributed by atoms with Gasteiger partial charge in [0.05, 0.1) is 18.9 Å². The molecule has 0 saturated carbocycles. The molecule has 1 aromatic rings. The molecule has 0 radical (unpaired) electrons. The zero-order chi connectivity index (χ0) is 16.1. The van der Waals surface area contributed by atoms with Gasteiger partial charge in [0.25, 0.3) is 5.91 Å². The average molecular weight is 313 g/mol. The number of carbonyl (C=O) groups is 1. The van der Waals surface area contributed by atoms with Crippen LogP contribution in [0.1, 0.15) is 40.9 Å². The first-order valence-corrected chi connectivity index (χ1v) is 7.24. The van der Waals surface area contributed by atoms with Crippen molar-refractivity contribution in [2.24, 2.45) is 0 Å². The van der Waals surface area contributed by atoms with Crippen LogP contribution in [0.2, 0.25) is 0 Å². The van der Waals surface area contributed by atoms with Crippen LogP contribution in [0.4, 0.5) is 13.2 Å². The summed E-state index contributed by atoms with van der Waals surface area (Å²) in [6.45, 7) is 5.38. The Morgan fingerprint density at radius 3 is 2.45 bits per heavy atom. The highest BCUT2D eigenvalue weighted by atomic mass is 19.4. The van der Waals surface area contributed by atoms with E-state index in [0.717, 1.165) is 0 Å². The first-order valence-electron chi connectivity index (χ1n) is 7.24. The highest BCUT2D eigenvalue weighted by Gasteiger charge is 2.40. The number of carbonyl (C=O) groups excluding carboxylic acids is 1. The van der Waals surface area contributed by atoms with E-state index in [4.69, 9.17) is 0 Å². The summed E-state index contributed by atoms with van der Waals surface area (Å²) in [7, 11) is 0. The Balaban J connectivity index is 2.03. The molecule has 120 valence electrons. The van der Waals surface area contributed by atoms with Crippen LogP contribution in [0.25, 0.3) is 0 Å². The minimum absolute atomic E-state index is 0.0340. The summed E-state index contributed by atoms with van der Waals surface area (Å²) in [6.07, 6.45) is -4.44. The number of hydrogen-bond acceptors (Lipinski definition) is 3. The van der Waals surface area contributed by atoms with Gasteiger partial charge >= 0.3 is 6.18 Å². The van der Waals surface area contributed by atoms with Gasteiger partial charge in [0.2, 0.25) is 0 Å². The van der Waals surface area contributed by atoms with Crippen molar-refractivity contribution >= 4 is 5.91 Å². The molecule has 1 amide bonds. The second-order valence-corrected chi connectivity index (χ2v) is 6.09. The molecule has 22 heavy (non-hydrogen) atoms. The van der Waals surface area contributed by atoms with Crippen molar-refractivity contribution < 1.29 is 18.0 Å². The second-order valence-electron chi connectivity index (χ2n) is 6.09. The lowest BCUT2D eigenvalue weighted by Gasteiger charge is -2.32. The Labute approximate surface area is 126 Å². The van der Waals surface area contributed by atoms with Crippen LogP contribution >= 0.6 is 0 Å². The van der Waals surface area contributed by atoms with Gasteiger partial charge in [-0.2, -0.15) is 13.2 Å². The van der Waals surface area contributed by atoms with Crippen molar-refractivity contribution in [2.75, 3.05) is 13.3 Å². The number of halogens is 3. The van der Waals surface area contributed by atoms with Crippen LogP contribution in [0.3, 0.4) is 0 Å². The van der Waals surface area contributed by atoms with Crippen molar-refractivity contribution in [1.82, 2.24) is 15.1 Å². The number of nitrogens with zero attached hydrogens (tertiary/aromatic N) is 2. The van der Waals surface area contributed by atoms with E-state index >= 15 is 0 Å². The Bertz CT molecular complexity index is 609. The lowest BCUT2D eigenvalue weighted by molar-refractivity contribution is -0.138. The molecule has 0 aromatic heterocycles. The minimum Gasteiger partial charge on any atom is -0.332 e. The third-order valence-corrected chi connectivity index (χ3v) is 4.14. The highest BCUT2D eigenvalue weighted by molar-refractivity contribution is 5.99. The first-order chi connectivity index (χ1) is 10.3. The van der Waals surface area contributed by atoms with Gasteiger partial charge in [0.15, 0.2) is 0 Å². The maximum absolute atomic E-state index is 13.4. The number of fused-ring (bicyclic) bond motifs is 1. The Hall–Kier alpha value is -1.60. The smallest absolute Gasteiger partial charge is 0.332 e. The lowest BCUT2D eigenvalue weighted by Crippen LogP contribution is -2.51. The summed E-state index contributed by atoms with van der Waals surface area (Å²) in [5.74, 6) is -0.306. The van der Waals surface area contributed by atoms with Crippen LogP contribution in [0.5, 0.6) is 0 Å². The van der Waals surface area contributed by atoms with Gasteiger partial charge in [0.1, 0.15) is 0 Å². The van der Waals surface area contributed by atoms with E-state index in [0.29, 0.717) is 25.4 Å². The summed E-state index contributed by atoms with van der Waals surface area (Å²) >= 11 is 0. The predicted molar refractivity (Wildman–Crippen MR) is 74.9 cm³/mol. The molecule has 1 fully saturated rings. The van der Waals surface area contributed by atoms with Gasteiger partial charge in [-0.25, -0.2) is 0 Å². The summed E-state index contributed by atoms with van der Waals surface area (Å²) in [5.41, 5.74) is 0.167. The van der Waals surface area contributed by atoms with Crippen molar-refractivity contribution in [3.63, 3.8) is 0 Å². The van der Waals surface area contributed by atoms with Crippen molar-refractivity contribution in [1.29, 1.82) is 0 Å². The van der Waals surface area contributed by atoms with E-state index in [1.807, 2.05) is 18.7 Å². The highest BCUT2D eigenvalue weighted by Crippen LogP contribution is 2.38. The number of hydrogen-bond donors (Lipinski definition) is 1. The molecule has 0 aliphatic carbocycles. The maximum atomic E-state index is 13.4. The normalized spacial score (nSPS) is 18.8. The zero-order valence-electron chi connectivity index (χ0n) is 12.5. The van der Waals surface area contributed by atoms with Crippen LogP contribution in [0.15, 0.2) is 12.1 Å². The Kier molecular flexibility index (Phi) is 3.65. The van der Waals surface area contributed by atoms with Crippen LogP contribution < -0.4 is 5.32 Å². The molecule has 7 heteroatoms. The molecular weight excluding hydrogens is 295 g/mol. The zero-order valence-corrected chi connectivity index (χ0v) is 12.5. The molecule has 0 spiro atoms. The minimum atomic E-state index is -4.44. The maximum Gasteiger partial charge on any atom is 0.416 e. The van der Waals surface area contributed by atoms with Crippen molar-refractivity contribution in [3.8, 4) is 0 Å². The van der Waals surface area contributed by atoms with E-state index in [1.54, 1.807) is 6.07 Å². The molecule has 0 unspecified atom stereocenters. The van der Waals surface area contributed by atoms with Crippen molar-refractivity contribution in [3.05, 3.63) is 34.4 Å². The molecule has 1 N–H and O–H groups in total. The molecule has 4 nitrogen and oxygen atoms in total. The largest absolute Gasteiger partial charge is 0.416 e. The van der Waals surface area contributed by atoms with Crippen molar-refractivity contribution in [2.45, 2.75) is 39.2 Å². The number of nitrogens with one attached hydrogen (secondary N) is 1. The monoisotopic (exact) mass is 313 g/mol. The molecular formula is C15H18F3N3O. The fourth-order valence-corrected chi connectivity index (χ4v) is 2.89. The molecule has 3 rings (SSSR count). The third-order valence-electron chi connectivity index (χ3n) is 4.14. The summed E-state index contributed by atoms with van der Waals surface area (Å²) in [6, 6.07) is 2.69. The number of rotatable bonds is 3. The van der Waals surface area contributed by atoms with Gasteiger partial charge in [-0.15, -0.1) is 0 Å². The van der Waals surface area contributed by atoms with E-state index in [-0.39, 0.29) is 29.6 Å². The molecule has 0 atom stereocenters. The Morgan fingerprint density at radius 1 is 1.27 bits per heavy atom. The quantitative estimate of drug-likeness (QED) is 0.931. The molecule has 1 aromatic carbocycles. The third kappa shape index (κ3) is 2.59. The summed E-state index contributed by atoms with van der Waals surface area (Å²) in [5, 5.41) is 3.04. The van der Waals surface area contributed by atoms with Gasteiger partial charge in [-0.3, -0.25) is 15.0 Å². The standard InChI is InChI=1S/C15H18F3N3O/c1-9(2)21-6-12-11(14(21)22)3-10(5-20-7-19-8-20)4-13(12)15(16,17)18/h3-4,9,19H,5-8H2,1-2H3. The summed E-state index contributed by atoms with van der Waals surface area (Å²) in [4.78, 5) is 15.8. The molecule has 2 heterocycles. The van der Waals surface area contributed by atoms with E-state index in [2.05, 4.69) is 5.32 Å². The molecule has 1 saturated heterocycles. The number of amides is 1. The molecule has 2 aliphatic heterocycles. The first kappa shape index (κ1) is 15.3. The van der Waals surface area contributed by atoms with E-state index in [9.17, 15) is 18.0 Å². The molecule has 0 bridgehead atoms. The van der Waals surface area contributed by atoms with Gasteiger partial charge in [0, 0.05) is 24.7 Å². The Morgan fingerprint density at radius 2 is 1.95 bits per heavy atom. The van der Waals surface area contributed by atoms with Gasteiger partial charge in [-0.05, 0) is 37.1 Å². The second kappa shape index (κ2) is 5.24. The lowest BCUT2D eigenvalue weighted by atomic mass is 9.98. The van der Waals surface area contributed by atoms with Crippen LogP contribution in [0, 0.1) is 0 Å². The molecule has 2 aliphatic rings. The van der Waals surface area contributed by atoms with E-state index < -0.39 is 11.7 Å². The number of alkyl halides is 3. The van der Waals surface area contributed by atoms with Gasteiger partial charge in [-0.1, -0.05) is 0 Å². The fourth-order valence-electron chi connectivity index (χ4n) is 2.89. The van der Waals surface area contributed by atoms with E-state index in [1.165, 1.54) is 11.0 Å². The van der Waals surface area contributed by atoms with Crippen LogP contribution in [-0.2, 0) is 19.3 Å². The number of benzene rings is 1. The fraction of sp³-hybridized carbons (Fsp3) is 0.533.